The molecule has 1 aliphatic heterocycles. The fraction of sp³-hybridized carbons (Fsp3) is 0.600. The van der Waals surface area contributed by atoms with Crippen LogP contribution in [0.3, 0.4) is 0 Å². The molecule has 6 heteroatoms. The van der Waals surface area contributed by atoms with Gasteiger partial charge in [-0.05, 0) is 12.8 Å². The Morgan fingerprint density at radius 3 is 3.00 bits per heavy atom. The molecule has 0 amide bonds. The van der Waals surface area contributed by atoms with E-state index in [1.54, 1.807) is 0 Å². The minimum Gasteiger partial charge on any atom is -0.394 e. The highest BCUT2D eigenvalue weighted by Crippen LogP contribution is 2.39. The number of anilines is 1. The predicted molar refractivity (Wildman–Crippen MR) is 59.7 cm³/mol. The summed E-state index contributed by atoms with van der Waals surface area (Å²) in [6.07, 6.45) is 4.13. The maximum Gasteiger partial charge on any atom is 0.146 e. The van der Waals surface area contributed by atoms with E-state index in [4.69, 9.17) is 0 Å². The van der Waals surface area contributed by atoms with Gasteiger partial charge in [-0.3, -0.25) is 4.21 Å². The van der Waals surface area contributed by atoms with Crippen LogP contribution in [0.2, 0.25) is 0 Å². The van der Waals surface area contributed by atoms with Crippen LogP contribution in [0.15, 0.2) is 11.2 Å². The molecule has 86 valence electrons. The summed E-state index contributed by atoms with van der Waals surface area (Å²) in [5, 5.41) is 12.5. The molecule has 2 N–H and O–H groups in total. The van der Waals surface area contributed by atoms with Crippen LogP contribution < -0.4 is 5.32 Å². The van der Waals surface area contributed by atoms with Gasteiger partial charge in [0.25, 0.3) is 0 Å². The molecule has 1 atom stereocenters. The molecule has 3 rings (SSSR count). The van der Waals surface area contributed by atoms with Gasteiger partial charge < -0.3 is 10.4 Å². The van der Waals surface area contributed by atoms with Crippen LogP contribution in [0.5, 0.6) is 0 Å². The first-order chi connectivity index (χ1) is 7.74. The van der Waals surface area contributed by atoms with Gasteiger partial charge in [-0.1, -0.05) is 0 Å². The standard InChI is InChI=1S/C10H13N3O2S/c14-5-10(2-3-10)13-9-8-7(11-6-12-9)1-4-16(8)15/h6,14H,1-5H2,(H,11,12,13). The smallest absolute Gasteiger partial charge is 0.146 e. The zero-order valence-corrected chi connectivity index (χ0v) is 9.59. The maximum absolute atomic E-state index is 11.8. The lowest BCUT2D eigenvalue weighted by atomic mass is 10.2. The van der Waals surface area contributed by atoms with Crippen LogP contribution >= 0.6 is 0 Å². The highest BCUT2D eigenvalue weighted by molar-refractivity contribution is 7.85. The van der Waals surface area contributed by atoms with E-state index in [1.807, 2.05) is 0 Å². The highest BCUT2D eigenvalue weighted by atomic mass is 32.2. The van der Waals surface area contributed by atoms with Crippen LogP contribution in [0.25, 0.3) is 0 Å². The Balaban J connectivity index is 1.96. The third-order valence-electron chi connectivity index (χ3n) is 3.17. The van der Waals surface area contributed by atoms with Crippen molar-refractivity contribution in [1.29, 1.82) is 0 Å². The lowest BCUT2D eigenvalue weighted by Gasteiger charge is -2.16. The van der Waals surface area contributed by atoms with Gasteiger partial charge in [0.15, 0.2) is 0 Å². The number of fused-ring (bicyclic) bond motifs is 1. The molecule has 5 nitrogen and oxygen atoms in total. The van der Waals surface area contributed by atoms with Crippen molar-refractivity contribution in [2.24, 2.45) is 0 Å². The van der Waals surface area contributed by atoms with Gasteiger partial charge in [-0.2, -0.15) is 0 Å². The highest BCUT2D eigenvalue weighted by Gasteiger charge is 2.43. The number of rotatable bonds is 3. The third kappa shape index (κ3) is 1.53. The Morgan fingerprint density at radius 1 is 1.50 bits per heavy atom. The second-order valence-corrected chi connectivity index (χ2v) is 5.87. The Kier molecular flexibility index (Phi) is 2.22. The van der Waals surface area contributed by atoms with E-state index < -0.39 is 10.8 Å². The monoisotopic (exact) mass is 239 g/mol. The largest absolute Gasteiger partial charge is 0.394 e. The SMILES string of the molecule is O=S1CCc2ncnc(NC3(CO)CC3)c21. The first-order valence-corrected chi connectivity index (χ1v) is 6.67. The summed E-state index contributed by atoms with van der Waals surface area (Å²) < 4.78 is 11.8. The Hall–Kier alpha value is -1.01. The normalized spacial score (nSPS) is 25.2. The molecule has 2 heterocycles. The van der Waals surface area contributed by atoms with Crippen LogP contribution in [-0.4, -0.2) is 37.2 Å². The second kappa shape index (κ2) is 3.49. The van der Waals surface area contributed by atoms with Crippen molar-refractivity contribution in [3.8, 4) is 0 Å². The van der Waals surface area contributed by atoms with Gasteiger partial charge in [-0.25, -0.2) is 9.97 Å². The van der Waals surface area contributed by atoms with Crippen LogP contribution in [0.4, 0.5) is 5.82 Å². The minimum absolute atomic E-state index is 0.0956. The molecule has 0 saturated heterocycles. The van der Waals surface area contributed by atoms with Gasteiger partial charge in [0.1, 0.15) is 17.0 Å². The molecule has 0 spiro atoms. The van der Waals surface area contributed by atoms with E-state index in [0.717, 1.165) is 29.9 Å². The molecule has 0 radical (unpaired) electrons. The molecule has 1 saturated carbocycles. The average molecular weight is 239 g/mol. The fourth-order valence-corrected chi connectivity index (χ4v) is 3.25. The predicted octanol–water partition coefficient (Wildman–Crippen LogP) is 0.0771. The molecule has 1 unspecified atom stereocenters. The van der Waals surface area contributed by atoms with Gasteiger partial charge >= 0.3 is 0 Å². The third-order valence-corrected chi connectivity index (χ3v) is 4.63. The van der Waals surface area contributed by atoms with Crippen molar-refractivity contribution < 1.29 is 9.32 Å². The molecule has 16 heavy (non-hydrogen) atoms. The summed E-state index contributed by atoms with van der Waals surface area (Å²) >= 11 is 0. The van der Waals surface area contributed by atoms with Gasteiger partial charge in [-0.15, -0.1) is 0 Å². The first-order valence-electron chi connectivity index (χ1n) is 5.35. The molecule has 1 fully saturated rings. The molecule has 0 bridgehead atoms. The number of aliphatic hydroxyl groups is 1. The van der Waals surface area contributed by atoms with E-state index in [9.17, 15) is 9.32 Å². The number of hydrogen-bond donors (Lipinski definition) is 2. The zero-order valence-electron chi connectivity index (χ0n) is 8.77. The number of nitrogens with zero attached hydrogens (tertiary/aromatic N) is 2. The second-order valence-electron chi connectivity index (χ2n) is 4.36. The van der Waals surface area contributed by atoms with Crippen molar-refractivity contribution in [1.82, 2.24) is 9.97 Å². The lowest BCUT2D eigenvalue weighted by molar-refractivity contribution is 0.265. The molecule has 1 aliphatic carbocycles. The van der Waals surface area contributed by atoms with E-state index in [1.165, 1.54) is 6.33 Å². The molecule has 1 aromatic heterocycles. The van der Waals surface area contributed by atoms with E-state index in [0.29, 0.717) is 11.6 Å². The summed E-state index contributed by atoms with van der Waals surface area (Å²) in [7, 11) is -0.987. The summed E-state index contributed by atoms with van der Waals surface area (Å²) in [6.45, 7) is 0.0956. The number of aryl methyl sites for hydroxylation is 1. The van der Waals surface area contributed by atoms with E-state index in [-0.39, 0.29) is 12.1 Å². The molecular weight excluding hydrogens is 226 g/mol. The molecule has 0 aromatic carbocycles. The Morgan fingerprint density at radius 2 is 2.31 bits per heavy atom. The van der Waals surface area contributed by atoms with Crippen molar-refractivity contribution in [2.75, 3.05) is 17.7 Å². The maximum atomic E-state index is 11.8. The Bertz CT molecular complexity index is 459. The number of aliphatic hydroxyl groups excluding tert-OH is 1. The number of hydrogen-bond acceptors (Lipinski definition) is 5. The van der Waals surface area contributed by atoms with Crippen molar-refractivity contribution in [2.45, 2.75) is 29.7 Å². The minimum atomic E-state index is -0.987. The van der Waals surface area contributed by atoms with Gasteiger partial charge in [0.05, 0.1) is 28.6 Å². The molecular formula is C10H13N3O2S. The van der Waals surface area contributed by atoms with Crippen LogP contribution in [0, 0.1) is 0 Å². The van der Waals surface area contributed by atoms with Crippen molar-refractivity contribution in [3.05, 3.63) is 12.0 Å². The quantitative estimate of drug-likeness (QED) is 0.781. The van der Waals surface area contributed by atoms with E-state index >= 15 is 0 Å². The zero-order chi connectivity index (χ0) is 11.2. The van der Waals surface area contributed by atoms with Crippen LogP contribution in [-0.2, 0) is 17.2 Å². The van der Waals surface area contributed by atoms with Gasteiger partial charge in [0, 0.05) is 12.2 Å². The molecule has 1 aromatic rings. The Labute approximate surface area is 95.8 Å². The topological polar surface area (TPSA) is 75.1 Å². The van der Waals surface area contributed by atoms with Crippen LogP contribution in [0.1, 0.15) is 18.5 Å². The summed E-state index contributed by atoms with van der Waals surface area (Å²) in [4.78, 5) is 9.03. The van der Waals surface area contributed by atoms with E-state index in [2.05, 4.69) is 15.3 Å². The lowest BCUT2D eigenvalue weighted by Crippen LogP contribution is -2.27. The summed E-state index contributed by atoms with van der Waals surface area (Å²) in [5.74, 6) is 1.28. The fourth-order valence-electron chi connectivity index (χ4n) is 1.93. The summed E-state index contributed by atoms with van der Waals surface area (Å²) in [6, 6.07) is 0. The summed E-state index contributed by atoms with van der Waals surface area (Å²) in [5.41, 5.74) is 0.652. The number of aromatic nitrogens is 2. The average Bonchev–Trinajstić information content (AvgIpc) is 2.97. The van der Waals surface area contributed by atoms with Crippen molar-refractivity contribution in [3.63, 3.8) is 0 Å². The van der Waals surface area contributed by atoms with Crippen molar-refractivity contribution >= 4 is 16.6 Å². The molecule has 2 aliphatic rings. The first kappa shape index (κ1) is 10.2. The van der Waals surface area contributed by atoms with Gasteiger partial charge in [0.2, 0.25) is 0 Å². The number of nitrogens with one attached hydrogen (secondary N) is 1.